The number of aryl methyl sites for hydroxylation is 1. The number of hydrogen-bond donors (Lipinski definition) is 2. The molecule has 1 aliphatic heterocycles. The van der Waals surface area contributed by atoms with Crippen LogP contribution in [0.5, 0.6) is 0 Å². The van der Waals surface area contributed by atoms with E-state index in [1.165, 1.54) is 5.56 Å². The molecule has 0 aliphatic carbocycles. The van der Waals surface area contributed by atoms with Crippen LogP contribution in [0.1, 0.15) is 29.5 Å². The summed E-state index contributed by atoms with van der Waals surface area (Å²) >= 11 is 0. The van der Waals surface area contributed by atoms with Gasteiger partial charge in [0.05, 0.1) is 6.20 Å². The molecule has 6 nitrogen and oxygen atoms in total. The number of carbonyl (C=O) groups is 1. The number of H-pyrrole nitrogens is 1. The van der Waals surface area contributed by atoms with Crippen molar-refractivity contribution < 1.29 is 9.90 Å². The second-order valence-corrected chi connectivity index (χ2v) is 7.45. The van der Waals surface area contributed by atoms with Crippen LogP contribution in [0.4, 0.5) is 0 Å². The molecular weight excluding hydrogens is 328 g/mol. The van der Waals surface area contributed by atoms with E-state index in [1.54, 1.807) is 11.1 Å². The van der Waals surface area contributed by atoms with Crippen molar-refractivity contribution in [2.45, 2.75) is 38.3 Å². The third-order valence-electron chi connectivity index (χ3n) is 5.03. The van der Waals surface area contributed by atoms with Crippen molar-refractivity contribution in [1.29, 1.82) is 0 Å². The topological polar surface area (TPSA) is 72.5 Å². The van der Waals surface area contributed by atoms with E-state index in [4.69, 9.17) is 0 Å². The molecule has 0 radical (unpaired) electrons. The smallest absolute Gasteiger partial charge is 0.256 e. The maximum absolute atomic E-state index is 12.9. The predicted octanol–water partition coefficient (Wildman–Crippen LogP) is 1.75. The van der Waals surface area contributed by atoms with Gasteiger partial charge in [-0.3, -0.25) is 9.89 Å². The van der Waals surface area contributed by atoms with Gasteiger partial charge in [0, 0.05) is 32.4 Å². The first-order valence-electron chi connectivity index (χ1n) is 9.20. The third-order valence-corrected chi connectivity index (χ3v) is 5.03. The Morgan fingerprint density at radius 2 is 2.23 bits per heavy atom. The van der Waals surface area contributed by atoms with E-state index in [0.717, 1.165) is 30.5 Å². The second-order valence-electron chi connectivity index (χ2n) is 7.45. The first-order chi connectivity index (χ1) is 12.5. The number of amides is 1. The summed E-state index contributed by atoms with van der Waals surface area (Å²) < 4.78 is 0. The van der Waals surface area contributed by atoms with Crippen LogP contribution in [-0.2, 0) is 17.8 Å². The fraction of sp³-hybridized carbons (Fsp3) is 0.500. The number of benzene rings is 1. The van der Waals surface area contributed by atoms with Crippen molar-refractivity contribution >= 4 is 5.91 Å². The highest BCUT2D eigenvalue weighted by molar-refractivity contribution is 5.86. The molecule has 6 heteroatoms. The maximum atomic E-state index is 12.9. The molecule has 0 bridgehead atoms. The number of nitrogens with one attached hydrogen (secondary N) is 1. The van der Waals surface area contributed by atoms with Gasteiger partial charge in [0.2, 0.25) is 0 Å². The van der Waals surface area contributed by atoms with Gasteiger partial charge in [-0.1, -0.05) is 29.8 Å². The average Bonchev–Trinajstić information content (AvgIpc) is 3.11. The van der Waals surface area contributed by atoms with E-state index in [0.29, 0.717) is 26.1 Å². The molecule has 1 fully saturated rings. The lowest BCUT2D eigenvalue weighted by Crippen LogP contribution is -2.58. The summed E-state index contributed by atoms with van der Waals surface area (Å²) in [6, 6.07) is 8.19. The summed E-state index contributed by atoms with van der Waals surface area (Å²) in [5.41, 5.74) is 2.12. The quantitative estimate of drug-likeness (QED) is 0.793. The highest BCUT2D eigenvalue weighted by atomic mass is 16.3. The Labute approximate surface area is 154 Å². The number of aliphatic hydroxyl groups is 1. The standard InChI is InChI=1S/C20H28N4O2/c1-16-5-3-6-17(11-16)14-24-9-4-8-20(26,19(24)25)15-23(2)10-7-18-12-21-22-13-18/h3,5-6,11-13,26H,4,7-10,14-15H2,1-2H3,(H,21,22)/t20-/m0/s1. The minimum absolute atomic E-state index is 0.152. The highest BCUT2D eigenvalue weighted by Crippen LogP contribution is 2.25. The summed E-state index contributed by atoms with van der Waals surface area (Å²) in [6.45, 7) is 4.43. The van der Waals surface area contributed by atoms with E-state index in [-0.39, 0.29) is 5.91 Å². The van der Waals surface area contributed by atoms with Gasteiger partial charge in [0.15, 0.2) is 5.60 Å². The largest absolute Gasteiger partial charge is 0.379 e. The third kappa shape index (κ3) is 4.51. The summed E-state index contributed by atoms with van der Waals surface area (Å²) in [5.74, 6) is -0.152. The van der Waals surface area contributed by atoms with Gasteiger partial charge in [0.1, 0.15) is 0 Å². The molecule has 1 aliphatic rings. The monoisotopic (exact) mass is 356 g/mol. The summed E-state index contributed by atoms with van der Waals surface area (Å²) in [4.78, 5) is 16.8. The van der Waals surface area contributed by atoms with Crippen LogP contribution < -0.4 is 0 Å². The Bertz CT molecular complexity index is 731. The van der Waals surface area contributed by atoms with Gasteiger partial charge < -0.3 is 14.9 Å². The van der Waals surface area contributed by atoms with Gasteiger partial charge in [-0.2, -0.15) is 5.10 Å². The summed E-state index contributed by atoms with van der Waals surface area (Å²) in [6.07, 6.45) is 5.86. The number of carbonyl (C=O) groups excluding carboxylic acids is 1. The van der Waals surface area contributed by atoms with Crippen molar-refractivity contribution in [3.63, 3.8) is 0 Å². The van der Waals surface area contributed by atoms with Crippen LogP contribution in [0.25, 0.3) is 0 Å². The van der Waals surface area contributed by atoms with E-state index < -0.39 is 5.60 Å². The first kappa shape index (κ1) is 18.6. The van der Waals surface area contributed by atoms with Crippen LogP contribution in [0, 0.1) is 6.92 Å². The molecule has 1 aromatic carbocycles. The molecular formula is C20H28N4O2. The molecule has 0 saturated carbocycles. The number of likely N-dealkylation sites (N-methyl/N-ethyl adjacent to an activating group) is 1. The number of nitrogens with zero attached hydrogens (tertiary/aromatic N) is 3. The fourth-order valence-corrected chi connectivity index (χ4v) is 3.65. The molecule has 0 unspecified atom stereocenters. The Balaban J connectivity index is 1.59. The van der Waals surface area contributed by atoms with Gasteiger partial charge in [-0.15, -0.1) is 0 Å². The fourth-order valence-electron chi connectivity index (χ4n) is 3.65. The Morgan fingerprint density at radius 1 is 1.38 bits per heavy atom. The number of rotatable bonds is 7. The van der Waals surface area contributed by atoms with Gasteiger partial charge in [-0.25, -0.2) is 0 Å². The van der Waals surface area contributed by atoms with E-state index >= 15 is 0 Å². The van der Waals surface area contributed by atoms with Crippen LogP contribution in [0.2, 0.25) is 0 Å². The molecule has 2 aromatic rings. The lowest BCUT2D eigenvalue weighted by Gasteiger charge is -2.40. The second kappa shape index (κ2) is 8.01. The average molecular weight is 356 g/mol. The van der Waals surface area contributed by atoms with Crippen LogP contribution >= 0.6 is 0 Å². The Morgan fingerprint density at radius 3 is 2.96 bits per heavy atom. The van der Waals surface area contributed by atoms with Crippen molar-refractivity contribution in [2.24, 2.45) is 0 Å². The normalized spacial score (nSPS) is 20.8. The number of aromatic nitrogens is 2. The van der Waals surface area contributed by atoms with E-state index in [1.807, 2.05) is 43.3 Å². The Kier molecular flexibility index (Phi) is 5.74. The zero-order chi connectivity index (χ0) is 18.6. The lowest BCUT2D eigenvalue weighted by molar-refractivity contribution is -0.159. The van der Waals surface area contributed by atoms with E-state index in [2.05, 4.69) is 16.3 Å². The predicted molar refractivity (Wildman–Crippen MR) is 101 cm³/mol. The molecule has 1 atom stereocenters. The van der Waals surface area contributed by atoms with Gasteiger partial charge >= 0.3 is 0 Å². The molecule has 2 N–H and O–H groups in total. The zero-order valence-electron chi connectivity index (χ0n) is 15.6. The van der Waals surface area contributed by atoms with Gasteiger partial charge in [0.25, 0.3) is 5.91 Å². The molecule has 1 aromatic heterocycles. The summed E-state index contributed by atoms with van der Waals surface area (Å²) in [7, 11) is 1.95. The number of aromatic amines is 1. The molecule has 1 amide bonds. The number of piperidine rings is 1. The minimum atomic E-state index is -1.30. The molecule has 0 spiro atoms. The molecule has 140 valence electrons. The van der Waals surface area contributed by atoms with Crippen molar-refractivity contribution in [1.82, 2.24) is 20.0 Å². The first-order valence-corrected chi connectivity index (χ1v) is 9.20. The highest BCUT2D eigenvalue weighted by Gasteiger charge is 2.42. The van der Waals surface area contributed by atoms with Crippen LogP contribution in [-0.4, -0.2) is 63.3 Å². The Hall–Kier alpha value is -2.18. The number of likely N-dealkylation sites (tertiary alicyclic amines) is 1. The van der Waals surface area contributed by atoms with Crippen LogP contribution in [0.3, 0.4) is 0 Å². The zero-order valence-corrected chi connectivity index (χ0v) is 15.6. The van der Waals surface area contributed by atoms with E-state index in [9.17, 15) is 9.90 Å². The van der Waals surface area contributed by atoms with Crippen molar-refractivity contribution in [2.75, 3.05) is 26.7 Å². The van der Waals surface area contributed by atoms with Crippen LogP contribution in [0.15, 0.2) is 36.7 Å². The molecule has 3 rings (SSSR count). The minimum Gasteiger partial charge on any atom is -0.379 e. The molecule has 26 heavy (non-hydrogen) atoms. The van der Waals surface area contributed by atoms with Gasteiger partial charge in [-0.05, 0) is 44.4 Å². The van der Waals surface area contributed by atoms with Crippen molar-refractivity contribution in [3.05, 3.63) is 53.3 Å². The SMILES string of the molecule is Cc1cccc(CN2CCC[C@](O)(CN(C)CCc3cn[nH]c3)C2=O)c1. The lowest BCUT2D eigenvalue weighted by atomic mass is 9.90. The van der Waals surface area contributed by atoms with Crippen molar-refractivity contribution in [3.8, 4) is 0 Å². The summed E-state index contributed by atoms with van der Waals surface area (Å²) in [5, 5.41) is 17.8. The molecule has 2 heterocycles. The maximum Gasteiger partial charge on any atom is 0.256 e. The molecule has 1 saturated heterocycles. The number of hydrogen-bond acceptors (Lipinski definition) is 4.